The van der Waals surface area contributed by atoms with E-state index in [0.717, 1.165) is 5.33 Å². The van der Waals surface area contributed by atoms with Crippen molar-refractivity contribution in [2.45, 2.75) is 25.7 Å². The van der Waals surface area contributed by atoms with Crippen LogP contribution in [-0.4, -0.2) is 54.4 Å². The summed E-state index contributed by atoms with van der Waals surface area (Å²) in [6.07, 6.45) is 5.19. The quantitative estimate of drug-likeness (QED) is 0.555. The number of alkyl halides is 1. The normalized spacial score (nSPS) is 18.1. The van der Waals surface area contributed by atoms with Crippen LogP contribution in [0.3, 0.4) is 0 Å². The average Bonchev–Trinajstić information content (AvgIpc) is 2.71. The summed E-state index contributed by atoms with van der Waals surface area (Å²) < 4.78 is 0. The zero-order chi connectivity index (χ0) is 14.0. The molecule has 1 aromatic carbocycles. The van der Waals surface area contributed by atoms with Crippen LogP contribution in [0.15, 0.2) is 30.3 Å². The van der Waals surface area contributed by atoms with Crippen molar-refractivity contribution in [3.05, 3.63) is 35.9 Å². The van der Waals surface area contributed by atoms with Gasteiger partial charge < -0.3 is 9.80 Å². The van der Waals surface area contributed by atoms with E-state index in [1.807, 2.05) is 0 Å². The maximum absolute atomic E-state index is 3.54. The van der Waals surface area contributed by atoms with Crippen LogP contribution in [0.2, 0.25) is 0 Å². The third-order valence-electron chi connectivity index (χ3n) is 4.11. The number of rotatable bonds is 7. The van der Waals surface area contributed by atoms with Gasteiger partial charge in [0.2, 0.25) is 0 Å². The first-order valence-electron chi connectivity index (χ1n) is 7.93. The molecule has 0 spiro atoms. The molecule has 0 amide bonds. The van der Waals surface area contributed by atoms with Crippen LogP contribution in [0.4, 0.5) is 0 Å². The molecule has 2 rings (SSSR count). The van der Waals surface area contributed by atoms with Gasteiger partial charge in [0.15, 0.2) is 0 Å². The number of hydrogen-bond acceptors (Lipinski definition) is 2. The highest BCUT2D eigenvalue weighted by Gasteiger charge is 2.13. The van der Waals surface area contributed by atoms with E-state index in [-0.39, 0.29) is 0 Å². The summed E-state index contributed by atoms with van der Waals surface area (Å²) in [6, 6.07) is 10.9. The lowest BCUT2D eigenvalue weighted by molar-refractivity contribution is 0.260. The first-order valence-corrected chi connectivity index (χ1v) is 9.05. The molecular weight excluding hydrogens is 312 g/mol. The lowest BCUT2D eigenvalue weighted by Crippen LogP contribution is -2.32. The molecule has 2 nitrogen and oxygen atoms in total. The molecule has 3 heteroatoms. The molecule has 0 N–H and O–H groups in total. The summed E-state index contributed by atoms with van der Waals surface area (Å²) in [4.78, 5) is 5.23. The molecule has 0 bridgehead atoms. The fraction of sp³-hybridized carbons (Fsp3) is 0.647. The SMILES string of the molecule is BrCCN1CCCN(CCCCc2ccccc2)CC1. The van der Waals surface area contributed by atoms with E-state index in [0.29, 0.717) is 0 Å². The predicted octanol–water partition coefficient (Wildman–Crippen LogP) is 3.41. The molecule has 1 aromatic rings. The van der Waals surface area contributed by atoms with Crippen LogP contribution < -0.4 is 0 Å². The van der Waals surface area contributed by atoms with E-state index in [4.69, 9.17) is 0 Å². The van der Waals surface area contributed by atoms with Gasteiger partial charge in [0.1, 0.15) is 0 Å². The highest BCUT2D eigenvalue weighted by atomic mass is 79.9. The lowest BCUT2D eigenvalue weighted by Gasteiger charge is -2.21. The second-order valence-corrected chi connectivity index (χ2v) is 6.46. The van der Waals surface area contributed by atoms with Crippen molar-refractivity contribution in [1.29, 1.82) is 0 Å². The number of unbranched alkanes of at least 4 members (excludes halogenated alkanes) is 1. The third-order valence-corrected chi connectivity index (χ3v) is 4.47. The zero-order valence-electron chi connectivity index (χ0n) is 12.4. The van der Waals surface area contributed by atoms with Gasteiger partial charge in [0.25, 0.3) is 0 Å². The smallest absolute Gasteiger partial charge is 0.0159 e. The van der Waals surface area contributed by atoms with Crippen molar-refractivity contribution in [3.63, 3.8) is 0 Å². The summed E-state index contributed by atoms with van der Waals surface area (Å²) >= 11 is 3.54. The minimum absolute atomic E-state index is 1.10. The molecule has 0 atom stereocenters. The second-order valence-electron chi connectivity index (χ2n) is 5.67. The molecule has 20 heavy (non-hydrogen) atoms. The van der Waals surface area contributed by atoms with Gasteiger partial charge >= 0.3 is 0 Å². The first kappa shape index (κ1) is 16.0. The highest BCUT2D eigenvalue weighted by molar-refractivity contribution is 9.09. The minimum Gasteiger partial charge on any atom is -0.302 e. The first-order chi connectivity index (χ1) is 9.88. The molecule has 112 valence electrons. The Kier molecular flexibility index (Phi) is 7.63. The number of halogens is 1. The number of nitrogens with zero attached hydrogens (tertiary/aromatic N) is 2. The van der Waals surface area contributed by atoms with Crippen LogP contribution in [0.1, 0.15) is 24.8 Å². The van der Waals surface area contributed by atoms with Crippen molar-refractivity contribution in [2.75, 3.05) is 44.6 Å². The van der Waals surface area contributed by atoms with Gasteiger partial charge in [0.05, 0.1) is 0 Å². The van der Waals surface area contributed by atoms with Crippen molar-refractivity contribution >= 4 is 15.9 Å². The average molecular weight is 339 g/mol. The fourth-order valence-electron chi connectivity index (χ4n) is 2.90. The topological polar surface area (TPSA) is 6.48 Å². The van der Waals surface area contributed by atoms with E-state index >= 15 is 0 Å². The highest BCUT2D eigenvalue weighted by Crippen LogP contribution is 2.08. The minimum atomic E-state index is 1.10. The molecule has 0 saturated carbocycles. The molecular formula is C17H27BrN2. The van der Waals surface area contributed by atoms with Gasteiger partial charge in [-0.15, -0.1) is 0 Å². The standard InChI is InChI=1S/C17H27BrN2/c18-10-14-20-13-6-12-19(15-16-20)11-5-4-9-17-7-2-1-3-8-17/h1-3,7-8H,4-6,9-16H2. The van der Waals surface area contributed by atoms with Gasteiger partial charge in [-0.2, -0.15) is 0 Å². The summed E-state index contributed by atoms with van der Waals surface area (Å²) in [5, 5.41) is 1.10. The fourth-order valence-corrected chi connectivity index (χ4v) is 3.40. The van der Waals surface area contributed by atoms with Gasteiger partial charge in [0, 0.05) is 25.0 Å². The molecule has 1 aliphatic heterocycles. The van der Waals surface area contributed by atoms with Crippen molar-refractivity contribution < 1.29 is 0 Å². The Morgan fingerprint density at radius 2 is 1.55 bits per heavy atom. The van der Waals surface area contributed by atoms with Crippen LogP contribution in [0.25, 0.3) is 0 Å². The van der Waals surface area contributed by atoms with Crippen LogP contribution in [-0.2, 0) is 6.42 Å². The molecule has 1 fully saturated rings. The van der Waals surface area contributed by atoms with E-state index in [1.54, 1.807) is 0 Å². The Labute approximate surface area is 132 Å². The molecule has 0 aromatic heterocycles. The molecule has 1 aliphatic rings. The van der Waals surface area contributed by atoms with Gasteiger partial charge in [-0.05, 0) is 50.9 Å². The van der Waals surface area contributed by atoms with Crippen molar-refractivity contribution in [1.82, 2.24) is 9.80 Å². The predicted molar refractivity (Wildman–Crippen MR) is 90.7 cm³/mol. The largest absolute Gasteiger partial charge is 0.302 e. The van der Waals surface area contributed by atoms with Crippen LogP contribution >= 0.6 is 15.9 Å². The van der Waals surface area contributed by atoms with Crippen LogP contribution in [0, 0.1) is 0 Å². The van der Waals surface area contributed by atoms with E-state index in [1.165, 1.54) is 70.5 Å². The third kappa shape index (κ3) is 5.94. The lowest BCUT2D eigenvalue weighted by atomic mass is 10.1. The van der Waals surface area contributed by atoms with Gasteiger partial charge in [-0.1, -0.05) is 46.3 Å². The van der Waals surface area contributed by atoms with E-state index in [9.17, 15) is 0 Å². The molecule has 0 aliphatic carbocycles. The maximum Gasteiger partial charge on any atom is 0.0159 e. The number of hydrogen-bond donors (Lipinski definition) is 0. The molecule has 1 saturated heterocycles. The molecule has 0 unspecified atom stereocenters. The Bertz CT molecular complexity index is 355. The molecule has 1 heterocycles. The molecule has 0 radical (unpaired) electrons. The Morgan fingerprint density at radius 1 is 0.850 bits per heavy atom. The number of aryl methyl sites for hydroxylation is 1. The second kappa shape index (κ2) is 9.54. The zero-order valence-corrected chi connectivity index (χ0v) is 14.0. The Hall–Kier alpha value is -0.380. The maximum atomic E-state index is 3.54. The van der Waals surface area contributed by atoms with E-state index < -0.39 is 0 Å². The Morgan fingerprint density at radius 3 is 2.25 bits per heavy atom. The van der Waals surface area contributed by atoms with E-state index in [2.05, 4.69) is 56.1 Å². The van der Waals surface area contributed by atoms with Gasteiger partial charge in [-0.3, -0.25) is 0 Å². The van der Waals surface area contributed by atoms with Crippen molar-refractivity contribution in [3.8, 4) is 0 Å². The summed E-state index contributed by atoms with van der Waals surface area (Å²) in [5.41, 5.74) is 1.48. The Balaban J connectivity index is 1.60. The van der Waals surface area contributed by atoms with Crippen molar-refractivity contribution in [2.24, 2.45) is 0 Å². The number of benzene rings is 1. The summed E-state index contributed by atoms with van der Waals surface area (Å²) in [6.45, 7) is 7.51. The van der Waals surface area contributed by atoms with Gasteiger partial charge in [-0.25, -0.2) is 0 Å². The van der Waals surface area contributed by atoms with Crippen LogP contribution in [0.5, 0.6) is 0 Å². The summed E-state index contributed by atoms with van der Waals surface area (Å²) in [7, 11) is 0. The summed E-state index contributed by atoms with van der Waals surface area (Å²) in [5.74, 6) is 0. The monoisotopic (exact) mass is 338 g/mol.